The number of hydrogen-bond acceptors (Lipinski definition) is 5. The predicted molar refractivity (Wildman–Crippen MR) is 73.6 cm³/mol. The molecular weight excluding hydrogens is 264 g/mol. The van der Waals surface area contributed by atoms with Crippen molar-refractivity contribution >= 4 is 17.7 Å². The van der Waals surface area contributed by atoms with Crippen LogP contribution >= 0.6 is 11.8 Å². The van der Waals surface area contributed by atoms with Gasteiger partial charge in [-0.1, -0.05) is 42.1 Å². The van der Waals surface area contributed by atoms with Crippen LogP contribution in [0.3, 0.4) is 0 Å². The second kappa shape index (κ2) is 5.66. The fourth-order valence-electron chi connectivity index (χ4n) is 1.54. The molecule has 0 saturated carbocycles. The predicted octanol–water partition coefficient (Wildman–Crippen LogP) is 1.12. The normalized spacial score (nSPS) is 10.2. The Balaban J connectivity index is 2.60. The molecule has 1 N–H and O–H groups in total. The van der Waals surface area contributed by atoms with E-state index in [0.717, 1.165) is 4.68 Å². The number of benzene rings is 1. The van der Waals surface area contributed by atoms with Gasteiger partial charge in [0.05, 0.1) is 0 Å². The molecule has 1 aromatic heterocycles. The van der Waals surface area contributed by atoms with Gasteiger partial charge in [-0.2, -0.15) is 4.68 Å². The third kappa shape index (κ3) is 2.82. The Labute approximate surface area is 113 Å². The quantitative estimate of drug-likeness (QED) is 0.850. The van der Waals surface area contributed by atoms with E-state index < -0.39 is 5.56 Å². The van der Waals surface area contributed by atoms with E-state index in [1.807, 2.05) is 18.2 Å². The molecule has 0 atom stereocenters. The lowest BCUT2D eigenvalue weighted by Gasteiger charge is -2.10. The maximum atomic E-state index is 12.3. The zero-order valence-electron chi connectivity index (χ0n) is 10.5. The van der Waals surface area contributed by atoms with Crippen molar-refractivity contribution in [2.24, 2.45) is 0 Å². The first-order valence-corrected chi connectivity index (χ1v) is 6.72. The van der Waals surface area contributed by atoms with Crippen molar-refractivity contribution in [3.05, 3.63) is 40.7 Å². The van der Waals surface area contributed by atoms with Crippen molar-refractivity contribution < 1.29 is 4.79 Å². The Bertz CT molecular complexity index is 655. The number of aromatic nitrogens is 3. The summed E-state index contributed by atoms with van der Waals surface area (Å²) in [4.78, 5) is 23.5. The minimum Gasteiger partial charge on any atom is -0.274 e. The molecule has 0 aliphatic heterocycles. The lowest BCUT2D eigenvalue weighted by Crippen LogP contribution is -2.35. The largest absolute Gasteiger partial charge is 0.300 e. The van der Waals surface area contributed by atoms with Gasteiger partial charge < -0.3 is 0 Å². The molecule has 1 heterocycles. The average molecular weight is 276 g/mol. The van der Waals surface area contributed by atoms with E-state index in [1.54, 1.807) is 18.4 Å². The molecular formula is C12H12N4O2S. The zero-order valence-corrected chi connectivity index (χ0v) is 11.3. The highest BCUT2D eigenvalue weighted by Crippen LogP contribution is 2.13. The van der Waals surface area contributed by atoms with Crippen LogP contribution in [0.15, 0.2) is 40.3 Å². The van der Waals surface area contributed by atoms with Gasteiger partial charge in [0, 0.05) is 12.5 Å². The number of nitrogens with one attached hydrogen (secondary N) is 1. The lowest BCUT2D eigenvalue weighted by atomic mass is 10.2. The molecule has 1 amide bonds. The summed E-state index contributed by atoms with van der Waals surface area (Å²) in [5, 5.41) is 8.21. The molecule has 0 bridgehead atoms. The molecule has 19 heavy (non-hydrogen) atoms. The van der Waals surface area contributed by atoms with Gasteiger partial charge in [-0.05, 0) is 6.26 Å². The summed E-state index contributed by atoms with van der Waals surface area (Å²) >= 11 is 1.23. The van der Waals surface area contributed by atoms with Crippen molar-refractivity contribution in [2.75, 3.05) is 11.7 Å². The molecule has 98 valence electrons. The van der Waals surface area contributed by atoms with Gasteiger partial charge in [0.2, 0.25) is 11.1 Å². The number of nitrogens with zero attached hydrogens (tertiary/aromatic N) is 3. The van der Waals surface area contributed by atoms with Gasteiger partial charge in [-0.15, -0.1) is 10.2 Å². The molecule has 1 aromatic carbocycles. The van der Waals surface area contributed by atoms with Crippen LogP contribution in [0.2, 0.25) is 0 Å². The molecule has 2 rings (SSSR count). The van der Waals surface area contributed by atoms with Gasteiger partial charge in [0.25, 0.3) is 5.56 Å². The Morgan fingerprint density at radius 3 is 2.53 bits per heavy atom. The van der Waals surface area contributed by atoms with Crippen LogP contribution in [0.1, 0.15) is 6.92 Å². The number of carbonyl (C=O) groups is 1. The van der Waals surface area contributed by atoms with E-state index in [9.17, 15) is 9.59 Å². The van der Waals surface area contributed by atoms with Crippen LogP contribution < -0.4 is 11.0 Å². The van der Waals surface area contributed by atoms with Crippen molar-refractivity contribution in [1.82, 2.24) is 14.9 Å². The molecule has 7 heteroatoms. The highest BCUT2D eigenvalue weighted by atomic mass is 32.2. The van der Waals surface area contributed by atoms with Gasteiger partial charge in [-0.3, -0.25) is 15.0 Å². The summed E-state index contributed by atoms with van der Waals surface area (Å²) in [6.07, 6.45) is 1.75. The van der Waals surface area contributed by atoms with E-state index in [1.165, 1.54) is 18.7 Å². The fraction of sp³-hybridized carbons (Fsp3) is 0.167. The van der Waals surface area contributed by atoms with Crippen LogP contribution in [0.4, 0.5) is 0 Å². The molecule has 2 aromatic rings. The SMILES string of the molecule is CSc1nnc(-c2ccccc2)c(=O)n1NC(C)=O. The number of rotatable bonds is 3. The van der Waals surface area contributed by atoms with E-state index in [4.69, 9.17) is 0 Å². The first-order chi connectivity index (χ1) is 9.13. The number of amides is 1. The monoisotopic (exact) mass is 276 g/mol. The minimum absolute atomic E-state index is 0.201. The highest BCUT2D eigenvalue weighted by Gasteiger charge is 2.13. The fourth-order valence-corrected chi connectivity index (χ4v) is 1.97. The molecule has 0 spiro atoms. The second-order valence-corrected chi connectivity index (χ2v) is 4.48. The maximum Gasteiger partial charge on any atom is 0.300 e. The topological polar surface area (TPSA) is 76.9 Å². The van der Waals surface area contributed by atoms with E-state index >= 15 is 0 Å². The Kier molecular flexibility index (Phi) is 3.96. The number of hydrogen-bond donors (Lipinski definition) is 1. The Morgan fingerprint density at radius 2 is 1.95 bits per heavy atom. The van der Waals surface area contributed by atoms with Crippen molar-refractivity contribution in [2.45, 2.75) is 12.1 Å². The molecule has 0 saturated heterocycles. The summed E-state index contributed by atoms with van der Waals surface area (Å²) < 4.78 is 1.11. The van der Waals surface area contributed by atoms with Gasteiger partial charge in [-0.25, -0.2) is 0 Å². The molecule has 0 aliphatic carbocycles. The Morgan fingerprint density at radius 1 is 1.26 bits per heavy atom. The van der Waals surface area contributed by atoms with E-state index in [-0.39, 0.29) is 11.6 Å². The van der Waals surface area contributed by atoms with Gasteiger partial charge in [0.1, 0.15) is 0 Å². The average Bonchev–Trinajstić information content (AvgIpc) is 2.41. The summed E-state index contributed by atoms with van der Waals surface area (Å²) in [6, 6.07) is 8.99. The second-order valence-electron chi connectivity index (χ2n) is 3.71. The van der Waals surface area contributed by atoms with E-state index in [0.29, 0.717) is 10.7 Å². The highest BCUT2D eigenvalue weighted by molar-refractivity contribution is 7.98. The van der Waals surface area contributed by atoms with Crippen LogP contribution in [0, 0.1) is 0 Å². The van der Waals surface area contributed by atoms with Crippen molar-refractivity contribution in [3.63, 3.8) is 0 Å². The van der Waals surface area contributed by atoms with E-state index in [2.05, 4.69) is 15.6 Å². The third-order valence-corrected chi connectivity index (χ3v) is 2.96. The zero-order chi connectivity index (χ0) is 13.8. The Hall–Kier alpha value is -2.15. The molecule has 0 radical (unpaired) electrons. The van der Waals surface area contributed by atoms with Crippen LogP contribution in [0.25, 0.3) is 11.3 Å². The lowest BCUT2D eigenvalue weighted by molar-refractivity contribution is -0.115. The molecule has 0 unspecified atom stereocenters. The summed E-state index contributed by atoms with van der Waals surface area (Å²) in [6.45, 7) is 1.33. The standard InChI is InChI=1S/C12H12N4O2S/c1-8(17)15-16-11(18)10(13-14-12(16)19-2)9-6-4-3-5-7-9/h3-7H,1-2H3,(H,15,17). The number of carbonyl (C=O) groups excluding carboxylic acids is 1. The number of thioether (sulfide) groups is 1. The van der Waals surface area contributed by atoms with Gasteiger partial charge >= 0.3 is 0 Å². The first kappa shape index (κ1) is 13.3. The maximum absolute atomic E-state index is 12.3. The molecule has 6 nitrogen and oxygen atoms in total. The third-order valence-electron chi connectivity index (χ3n) is 2.33. The van der Waals surface area contributed by atoms with Crippen molar-refractivity contribution in [3.8, 4) is 11.3 Å². The van der Waals surface area contributed by atoms with Crippen LogP contribution in [-0.4, -0.2) is 27.0 Å². The minimum atomic E-state index is -0.402. The molecule has 0 aliphatic rings. The first-order valence-electron chi connectivity index (χ1n) is 5.50. The van der Waals surface area contributed by atoms with Crippen LogP contribution in [-0.2, 0) is 4.79 Å². The summed E-state index contributed by atoms with van der Waals surface area (Å²) in [5.41, 5.74) is 2.90. The molecule has 0 fully saturated rings. The summed E-state index contributed by atoms with van der Waals surface area (Å²) in [5.74, 6) is -0.343. The van der Waals surface area contributed by atoms with Crippen LogP contribution in [0.5, 0.6) is 0 Å². The van der Waals surface area contributed by atoms with Gasteiger partial charge in [0.15, 0.2) is 5.69 Å². The summed E-state index contributed by atoms with van der Waals surface area (Å²) in [7, 11) is 0. The smallest absolute Gasteiger partial charge is 0.274 e. The van der Waals surface area contributed by atoms with Crippen molar-refractivity contribution in [1.29, 1.82) is 0 Å².